The number of thiazole rings is 1. The van der Waals surface area contributed by atoms with E-state index in [2.05, 4.69) is 35.7 Å². The van der Waals surface area contributed by atoms with Crippen LogP contribution >= 0.6 is 11.3 Å². The maximum atomic E-state index is 13.7. The highest BCUT2D eigenvalue weighted by molar-refractivity contribution is 7.16. The molecule has 6 heterocycles. The van der Waals surface area contributed by atoms with Crippen LogP contribution in [0.25, 0.3) is 21.4 Å². The number of carboxylic acids is 1. The summed E-state index contributed by atoms with van der Waals surface area (Å²) in [7, 11) is 3.75. The Morgan fingerprint density at radius 2 is 1.58 bits per heavy atom. The zero-order valence-electron chi connectivity index (χ0n) is 37.8. The van der Waals surface area contributed by atoms with Crippen LogP contribution in [0.3, 0.4) is 0 Å². The van der Waals surface area contributed by atoms with Crippen LogP contribution in [0.4, 0.5) is 5.95 Å². The van der Waals surface area contributed by atoms with Gasteiger partial charge in [0.15, 0.2) is 10.4 Å². The number of hydrogen-bond acceptors (Lipinski definition) is 13. The summed E-state index contributed by atoms with van der Waals surface area (Å²) in [5.74, 6) is -1.34. The second-order valence-electron chi connectivity index (χ2n) is 14.4. The SMILES string of the molecule is CC.CCn1nc(C)cc1C(=O)N=c1sc2cc(C(=O)O)cnc2n1C/C=C/Cn1c(NC(=O)c2cc(C)nn2CC)nc2cc(C=O)cc(OCCCN3CCOCC3)c21.CNC. The summed E-state index contributed by atoms with van der Waals surface area (Å²) >= 11 is 1.15. The molecule has 0 bridgehead atoms. The highest BCUT2D eigenvalue weighted by Gasteiger charge is 2.22. The standard InChI is InChI=1S/C40H45N11O7S.C2H7N.C2H6/c1-5-50-30(18-25(3)45-50)36(53)43-39-42-29-20-27(24-52)21-32(58-15-9-10-47-13-16-57-17-14-47)34(29)48(39)11-7-8-12-49-35-33(22-28(23-41-35)38(55)56)59-40(49)44-37(54)31-19-26(4)46-51(31)6-2;1-3-2;1-2/h7-8,18-24H,5-6,9-17H2,1-4H3,(H,55,56)(H,42,43,53);3H,1-2H3;1-2H3/b8-7+,44-40?;;. The van der Waals surface area contributed by atoms with Crippen molar-refractivity contribution in [3.8, 4) is 5.75 Å². The van der Waals surface area contributed by atoms with Crippen molar-refractivity contribution in [1.29, 1.82) is 0 Å². The topological polar surface area (TPSA) is 218 Å². The second-order valence-corrected chi connectivity index (χ2v) is 15.4. The molecule has 0 spiro atoms. The van der Waals surface area contributed by atoms with E-state index in [4.69, 9.17) is 14.5 Å². The number of ether oxygens (including phenoxy) is 2. The van der Waals surface area contributed by atoms with Gasteiger partial charge < -0.3 is 24.5 Å². The fraction of sp³-hybridized carbons (Fsp3) is 0.432. The van der Waals surface area contributed by atoms with Gasteiger partial charge >= 0.3 is 5.97 Å². The van der Waals surface area contributed by atoms with Gasteiger partial charge in [-0.25, -0.2) is 14.8 Å². The van der Waals surface area contributed by atoms with E-state index in [0.29, 0.717) is 93.2 Å². The molecule has 3 N–H and O–H groups in total. The molecule has 1 aliphatic heterocycles. The molecule has 0 unspecified atom stereocenters. The minimum atomic E-state index is -1.12. The third-order valence-corrected chi connectivity index (χ3v) is 10.7. The predicted molar refractivity (Wildman–Crippen MR) is 246 cm³/mol. The van der Waals surface area contributed by atoms with Crippen molar-refractivity contribution in [3.05, 3.63) is 87.4 Å². The summed E-state index contributed by atoms with van der Waals surface area (Å²) in [4.78, 5) is 67.4. The van der Waals surface area contributed by atoms with Gasteiger partial charge in [0.25, 0.3) is 11.8 Å². The lowest BCUT2D eigenvalue weighted by Crippen LogP contribution is -2.37. The van der Waals surface area contributed by atoms with Gasteiger partial charge in [-0.3, -0.25) is 38.5 Å². The van der Waals surface area contributed by atoms with Gasteiger partial charge in [-0.05, 0) is 78.5 Å². The van der Waals surface area contributed by atoms with Crippen LogP contribution in [-0.4, -0.2) is 126 Å². The van der Waals surface area contributed by atoms with Crippen LogP contribution in [0.15, 0.2) is 53.7 Å². The van der Waals surface area contributed by atoms with Crippen LogP contribution < -0.4 is 20.2 Å². The maximum absolute atomic E-state index is 13.7. The molecule has 5 aromatic heterocycles. The molecule has 6 aromatic rings. The number of aromatic nitrogens is 8. The first-order valence-corrected chi connectivity index (χ1v) is 22.2. The number of aromatic carboxylic acids is 1. The molecule has 1 aromatic carbocycles. The third-order valence-electron chi connectivity index (χ3n) is 9.73. The number of pyridine rings is 1. The molecule has 342 valence electrons. The molecule has 1 fully saturated rings. The van der Waals surface area contributed by atoms with Gasteiger partial charge in [0.1, 0.15) is 28.9 Å². The monoisotopic (exact) mass is 898 g/mol. The first-order valence-electron chi connectivity index (χ1n) is 21.4. The number of hydrogen-bond donors (Lipinski definition) is 3. The molecule has 1 saturated heterocycles. The van der Waals surface area contributed by atoms with Crippen molar-refractivity contribution in [3.63, 3.8) is 0 Å². The number of nitrogens with one attached hydrogen (secondary N) is 2. The molecule has 20 heteroatoms. The lowest BCUT2D eigenvalue weighted by Gasteiger charge is -2.26. The largest absolute Gasteiger partial charge is 0.491 e. The number of nitrogens with zero attached hydrogens (tertiary/aromatic N) is 10. The van der Waals surface area contributed by atoms with Crippen LogP contribution in [0, 0.1) is 13.8 Å². The highest BCUT2D eigenvalue weighted by Crippen LogP contribution is 2.31. The van der Waals surface area contributed by atoms with E-state index in [1.54, 1.807) is 45.1 Å². The number of amides is 2. The second kappa shape index (κ2) is 23.4. The van der Waals surface area contributed by atoms with Gasteiger partial charge in [-0.15, -0.1) is 0 Å². The number of imidazole rings is 1. The first kappa shape index (κ1) is 48.7. The zero-order chi connectivity index (χ0) is 46.3. The summed E-state index contributed by atoms with van der Waals surface area (Å²) < 4.78 is 19.1. The van der Waals surface area contributed by atoms with Crippen LogP contribution in [-0.2, 0) is 30.9 Å². The van der Waals surface area contributed by atoms with Crippen molar-refractivity contribution < 1.29 is 33.8 Å². The van der Waals surface area contributed by atoms with Crippen molar-refractivity contribution in [1.82, 2.24) is 48.9 Å². The first-order chi connectivity index (χ1) is 31.0. The molecule has 0 saturated carbocycles. The van der Waals surface area contributed by atoms with Gasteiger partial charge in [0.2, 0.25) is 5.95 Å². The molecule has 0 atom stereocenters. The van der Waals surface area contributed by atoms with Gasteiger partial charge in [-0.2, -0.15) is 15.2 Å². The Morgan fingerprint density at radius 1 is 0.938 bits per heavy atom. The van der Waals surface area contributed by atoms with E-state index in [-0.39, 0.29) is 24.6 Å². The van der Waals surface area contributed by atoms with Crippen LogP contribution in [0.5, 0.6) is 5.75 Å². The van der Waals surface area contributed by atoms with Crippen molar-refractivity contribution >= 4 is 62.7 Å². The van der Waals surface area contributed by atoms with Gasteiger partial charge in [0, 0.05) is 57.6 Å². The number of benzene rings is 1. The number of anilines is 1. The van der Waals surface area contributed by atoms with E-state index in [1.165, 1.54) is 12.3 Å². The number of fused-ring (bicyclic) bond motifs is 2. The van der Waals surface area contributed by atoms with Crippen LogP contribution in [0.1, 0.15) is 87.2 Å². The van der Waals surface area contributed by atoms with Crippen molar-refractivity contribution in [2.75, 3.05) is 58.9 Å². The van der Waals surface area contributed by atoms with Crippen molar-refractivity contribution in [2.24, 2.45) is 4.99 Å². The number of aryl methyl sites for hydroxylation is 4. The minimum Gasteiger partial charge on any atom is -0.491 e. The average molecular weight is 899 g/mol. The van der Waals surface area contributed by atoms with E-state index in [1.807, 2.05) is 65.4 Å². The molecule has 0 radical (unpaired) electrons. The molecule has 2 amide bonds. The Balaban J connectivity index is 0.00000148. The smallest absolute Gasteiger partial charge is 0.337 e. The number of carbonyl (C=O) groups is 4. The highest BCUT2D eigenvalue weighted by atomic mass is 32.1. The molecular formula is C44H58N12O7S. The Labute approximate surface area is 375 Å². The third kappa shape index (κ3) is 11.8. The lowest BCUT2D eigenvalue weighted by atomic mass is 10.2. The Bertz CT molecular complexity index is 2670. The van der Waals surface area contributed by atoms with E-state index >= 15 is 0 Å². The average Bonchev–Trinajstić information content (AvgIpc) is 4.06. The minimum absolute atomic E-state index is 0.00886. The number of allylic oxidation sites excluding steroid dienone is 2. The summed E-state index contributed by atoms with van der Waals surface area (Å²) in [5, 5.41) is 24.1. The lowest BCUT2D eigenvalue weighted by molar-refractivity contribution is 0.0358. The van der Waals surface area contributed by atoms with E-state index in [0.717, 1.165) is 43.7 Å². The molecular weight excluding hydrogens is 841 g/mol. The Hall–Kier alpha value is -6.35. The van der Waals surface area contributed by atoms with Crippen LogP contribution in [0.2, 0.25) is 0 Å². The molecule has 7 rings (SSSR count). The normalized spacial score (nSPS) is 13.2. The fourth-order valence-corrected chi connectivity index (χ4v) is 7.96. The predicted octanol–water partition coefficient (Wildman–Crippen LogP) is 5.22. The number of carbonyl (C=O) groups excluding carboxylic acids is 3. The number of morpholine rings is 1. The number of carboxylic acid groups (broad SMARTS) is 1. The quantitative estimate of drug-likeness (QED) is 0.0646. The summed E-state index contributed by atoms with van der Waals surface area (Å²) in [6, 6.07) is 8.22. The molecule has 0 aliphatic carbocycles. The van der Waals surface area contributed by atoms with E-state index in [9.17, 15) is 24.3 Å². The summed E-state index contributed by atoms with van der Waals surface area (Å²) in [6.45, 7) is 17.1. The Morgan fingerprint density at radius 3 is 2.22 bits per heavy atom. The fourth-order valence-electron chi connectivity index (χ4n) is 6.92. The number of aldehydes is 1. The molecule has 64 heavy (non-hydrogen) atoms. The molecule has 19 nitrogen and oxygen atoms in total. The summed E-state index contributed by atoms with van der Waals surface area (Å²) in [6.07, 6.45) is 6.48. The maximum Gasteiger partial charge on any atom is 0.337 e. The zero-order valence-corrected chi connectivity index (χ0v) is 38.6. The number of rotatable bonds is 16. The van der Waals surface area contributed by atoms with Gasteiger partial charge in [-0.1, -0.05) is 37.3 Å². The van der Waals surface area contributed by atoms with E-state index < -0.39 is 17.8 Å². The Kier molecular flexibility index (Phi) is 17.8. The van der Waals surface area contributed by atoms with Gasteiger partial charge in [0.05, 0.1) is 47.0 Å². The molecule has 1 aliphatic rings. The van der Waals surface area contributed by atoms with Crippen molar-refractivity contribution in [2.45, 2.75) is 74.1 Å². The summed E-state index contributed by atoms with van der Waals surface area (Å²) in [5.41, 5.74) is 3.96.